The third-order valence-corrected chi connectivity index (χ3v) is 2.96. The summed E-state index contributed by atoms with van der Waals surface area (Å²) in [6, 6.07) is 5.14. The Bertz CT molecular complexity index is 694. The smallest absolute Gasteiger partial charge is 0.352 e. The van der Waals surface area contributed by atoms with Crippen LogP contribution in [0.15, 0.2) is 30.5 Å². The second kappa shape index (κ2) is 5.12. The zero-order valence-corrected chi connectivity index (χ0v) is 10.5. The number of carboxylic acid groups (broad SMARTS) is 1. The van der Waals surface area contributed by atoms with Crippen LogP contribution in [0.1, 0.15) is 21.6 Å². The molecule has 20 heavy (non-hydrogen) atoms. The Morgan fingerprint density at radius 1 is 1.45 bits per heavy atom. The van der Waals surface area contributed by atoms with Gasteiger partial charge in [0, 0.05) is 12.6 Å². The van der Waals surface area contributed by atoms with Crippen LogP contribution >= 0.6 is 0 Å². The summed E-state index contributed by atoms with van der Waals surface area (Å²) >= 11 is 0. The number of hydrogen-bond acceptors (Lipinski definition) is 3. The van der Waals surface area contributed by atoms with E-state index in [0.29, 0.717) is 5.56 Å². The van der Waals surface area contributed by atoms with Crippen molar-refractivity contribution in [3.63, 3.8) is 0 Å². The van der Waals surface area contributed by atoms with Gasteiger partial charge in [-0.1, -0.05) is 6.07 Å². The van der Waals surface area contributed by atoms with Gasteiger partial charge < -0.3 is 9.67 Å². The van der Waals surface area contributed by atoms with Crippen LogP contribution in [-0.4, -0.2) is 20.6 Å². The van der Waals surface area contributed by atoms with Crippen LogP contribution in [0.4, 0.5) is 10.1 Å². The summed E-state index contributed by atoms with van der Waals surface area (Å²) < 4.78 is 14.4. The summed E-state index contributed by atoms with van der Waals surface area (Å²) in [6.07, 6.45) is 1.13. The van der Waals surface area contributed by atoms with Gasteiger partial charge in [-0.15, -0.1) is 0 Å². The second-order valence-corrected chi connectivity index (χ2v) is 4.34. The SMILES string of the molecule is Cc1ccc(F)cc1Cn1cc([N+](=O)[O-])cc1C(=O)O. The van der Waals surface area contributed by atoms with E-state index in [4.69, 9.17) is 5.11 Å². The molecule has 0 aliphatic heterocycles. The molecule has 0 atom stereocenters. The van der Waals surface area contributed by atoms with Crippen molar-refractivity contribution in [1.29, 1.82) is 0 Å². The van der Waals surface area contributed by atoms with Gasteiger partial charge in [0.2, 0.25) is 0 Å². The van der Waals surface area contributed by atoms with E-state index in [1.54, 1.807) is 13.0 Å². The van der Waals surface area contributed by atoms with Gasteiger partial charge in [0.1, 0.15) is 11.5 Å². The van der Waals surface area contributed by atoms with Crippen LogP contribution in [0.5, 0.6) is 0 Å². The molecule has 0 saturated heterocycles. The predicted molar refractivity (Wildman–Crippen MR) is 68.3 cm³/mol. The molecule has 104 valence electrons. The average Bonchev–Trinajstić information content (AvgIpc) is 2.78. The first-order valence-electron chi connectivity index (χ1n) is 5.71. The summed E-state index contributed by atoms with van der Waals surface area (Å²) in [5.41, 5.74) is 0.828. The van der Waals surface area contributed by atoms with Crippen LogP contribution in [-0.2, 0) is 6.54 Å². The number of carbonyl (C=O) groups is 1. The van der Waals surface area contributed by atoms with E-state index in [2.05, 4.69) is 0 Å². The molecule has 1 N–H and O–H groups in total. The van der Waals surface area contributed by atoms with Crippen LogP contribution in [0.3, 0.4) is 0 Å². The fourth-order valence-corrected chi connectivity index (χ4v) is 1.90. The maximum absolute atomic E-state index is 13.2. The summed E-state index contributed by atoms with van der Waals surface area (Å²) in [6.45, 7) is 1.81. The Morgan fingerprint density at radius 3 is 2.75 bits per heavy atom. The summed E-state index contributed by atoms with van der Waals surface area (Å²) in [5.74, 6) is -1.71. The Morgan fingerprint density at radius 2 is 2.15 bits per heavy atom. The van der Waals surface area contributed by atoms with Gasteiger partial charge in [-0.05, 0) is 30.2 Å². The van der Waals surface area contributed by atoms with Crippen LogP contribution in [0.25, 0.3) is 0 Å². The predicted octanol–water partition coefficient (Wildman–Crippen LogP) is 2.59. The van der Waals surface area contributed by atoms with Crippen molar-refractivity contribution in [1.82, 2.24) is 4.57 Å². The highest BCUT2D eigenvalue weighted by Gasteiger charge is 2.19. The zero-order valence-electron chi connectivity index (χ0n) is 10.5. The molecule has 2 rings (SSSR count). The van der Waals surface area contributed by atoms with E-state index in [0.717, 1.165) is 17.8 Å². The van der Waals surface area contributed by atoms with E-state index >= 15 is 0 Å². The number of hydrogen-bond donors (Lipinski definition) is 1. The fraction of sp³-hybridized carbons (Fsp3) is 0.154. The van der Waals surface area contributed by atoms with Crippen LogP contribution in [0.2, 0.25) is 0 Å². The third kappa shape index (κ3) is 2.66. The topological polar surface area (TPSA) is 85.4 Å². The molecular formula is C13H11FN2O4. The first kappa shape index (κ1) is 13.7. The van der Waals surface area contributed by atoms with Crippen molar-refractivity contribution in [2.45, 2.75) is 13.5 Å². The van der Waals surface area contributed by atoms with Gasteiger partial charge in [-0.3, -0.25) is 10.1 Å². The van der Waals surface area contributed by atoms with Gasteiger partial charge in [0.25, 0.3) is 5.69 Å². The molecule has 2 aromatic rings. The monoisotopic (exact) mass is 278 g/mol. The number of rotatable bonds is 4. The van der Waals surface area contributed by atoms with Crippen molar-refractivity contribution in [3.8, 4) is 0 Å². The maximum atomic E-state index is 13.2. The largest absolute Gasteiger partial charge is 0.477 e. The molecule has 0 radical (unpaired) electrons. The molecule has 0 spiro atoms. The van der Waals surface area contributed by atoms with Gasteiger partial charge in [-0.25, -0.2) is 9.18 Å². The quantitative estimate of drug-likeness (QED) is 0.688. The summed E-state index contributed by atoms with van der Waals surface area (Å²) in [7, 11) is 0. The lowest BCUT2D eigenvalue weighted by atomic mass is 10.1. The number of aryl methyl sites for hydroxylation is 1. The minimum Gasteiger partial charge on any atom is -0.477 e. The molecule has 0 aliphatic carbocycles. The molecule has 1 aromatic carbocycles. The molecule has 0 saturated carbocycles. The standard InChI is InChI=1S/C13H11FN2O4/c1-8-2-3-10(14)4-9(8)6-15-7-11(16(19)20)5-12(15)13(17)18/h2-5,7H,6H2,1H3,(H,17,18). The number of aromatic nitrogens is 1. The maximum Gasteiger partial charge on any atom is 0.352 e. The highest BCUT2D eigenvalue weighted by molar-refractivity contribution is 5.87. The van der Waals surface area contributed by atoms with E-state index in [-0.39, 0.29) is 17.9 Å². The number of benzene rings is 1. The number of halogens is 1. The Balaban J connectivity index is 2.44. The summed E-state index contributed by atoms with van der Waals surface area (Å²) in [5, 5.41) is 19.7. The molecule has 0 bridgehead atoms. The zero-order chi connectivity index (χ0) is 14.9. The van der Waals surface area contributed by atoms with Gasteiger partial charge in [0.05, 0.1) is 11.1 Å². The van der Waals surface area contributed by atoms with Gasteiger partial charge in [0.15, 0.2) is 0 Å². The molecule has 0 fully saturated rings. The summed E-state index contributed by atoms with van der Waals surface area (Å²) in [4.78, 5) is 21.1. The Labute approximate surface area is 113 Å². The molecule has 6 nitrogen and oxygen atoms in total. The van der Waals surface area contributed by atoms with Crippen molar-refractivity contribution < 1.29 is 19.2 Å². The minimum atomic E-state index is -1.27. The fourth-order valence-electron chi connectivity index (χ4n) is 1.90. The van der Waals surface area contributed by atoms with Crippen molar-refractivity contribution in [2.75, 3.05) is 0 Å². The molecule has 0 amide bonds. The molecule has 1 heterocycles. The Kier molecular flexibility index (Phi) is 3.51. The lowest BCUT2D eigenvalue weighted by Crippen LogP contribution is -2.09. The molecule has 7 heteroatoms. The van der Waals surface area contributed by atoms with Gasteiger partial charge in [-0.2, -0.15) is 0 Å². The first-order chi connectivity index (χ1) is 9.38. The number of nitrogens with zero attached hydrogens (tertiary/aromatic N) is 2. The molecule has 0 aliphatic rings. The highest BCUT2D eigenvalue weighted by atomic mass is 19.1. The lowest BCUT2D eigenvalue weighted by molar-refractivity contribution is -0.384. The Hall–Kier alpha value is -2.70. The van der Waals surface area contributed by atoms with Gasteiger partial charge >= 0.3 is 5.97 Å². The first-order valence-corrected chi connectivity index (χ1v) is 5.71. The van der Waals surface area contributed by atoms with E-state index in [1.807, 2.05) is 0 Å². The van der Waals surface area contributed by atoms with Crippen molar-refractivity contribution in [3.05, 3.63) is 63.2 Å². The van der Waals surface area contributed by atoms with Crippen molar-refractivity contribution >= 4 is 11.7 Å². The van der Waals surface area contributed by atoms with Crippen molar-refractivity contribution in [2.24, 2.45) is 0 Å². The van der Waals surface area contributed by atoms with Crippen LogP contribution < -0.4 is 0 Å². The number of nitro groups is 1. The third-order valence-electron chi connectivity index (χ3n) is 2.96. The normalized spacial score (nSPS) is 10.5. The molecule has 0 unspecified atom stereocenters. The second-order valence-electron chi connectivity index (χ2n) is 4.34. The average molecular weight is 278 g/mol. The lowest BCUT2D eigenvalue weighted by Gasteiger charge is -2.08. The van der Waals surface area contributed by atoms with E-state index < -0.39 is 16.7 Å². The minimum absolute atomic E-state index is 0.0546. The van der Waals surface area contributed by atoms with Crippen LogP contribution in [0, 0.1) is 22.9 Å². The number of aromatic carboxylic acids is 1. The van der Waals surface area contributed by atoms with E-state index in [9.17, 15) is 19.3 Å². The number of carboxylic acids is 1. The molecular weight excluding hydrogens is 267 g/mol. The highest BCUT2D eigenvalue weighted by Crippen LogP contribution is 2.20. The van der Waals surface area contributed by atoms with E-state index in [1.165, 1.54) is 16.7 Å². The molecule has 1 aromatic heterocycles.